The summed E-state index contributed by atoms with van der Waals surface area (Å²) < 4.78 is 5.59. The Morgan fingerprint density at radius 1 is 1.26 bits per heavy atom. The van der Waals surface area contributed by atoms with Gasteiger partial charge in [0.05, 0.1) is 0 Å². The Labute approximate surface area is 137 Å². The highest BCUT2D eigenvalue weighted by molar-refractivity contribution is 5.78. The predicted octanol–water partition coefficient (Wildman–Crippen LogP) is 2.87. The van der Waals surface area contributed by atoms with Gasteiger partial charge in [-0.3, -0.25) is 9.59 Å². The van der Waals surface area contributed by atoms with Crippen molar-refractivity contribution in [3.05, 3.63) is 29.8 Å². The van der Waals surface area contributed by atoms with E-state index in [0.717, 1.165) is 25.7 Å². The highest BCUT2D eigenvalue weighted by Crippen LogP contribution is 2.21. The third-order valence-corrected chi connectivity index (χ3v) is 4.33. The Morgan fingerprint density at radius 3 is 2.65 bits per heavy atom. The van der Waals surface area contributed by atoms with Gasteiger partial charge in [0.2, 0.25) is 0 Å². The van der Waals surface area contributed by atoms with Crippen molar-refractivity contribution in [1.82, 2.24) is 4.90 Å². The molecule has 1 heterocycles. The van der Waals surface area contributed by atoms with Crippen molar-refractivity contribution in [3.8, 4) is 5.75 Å². The molecule has 1 N–H and O–H groups in total. The fourth-order valence-corrected chi connectivity index (χ4v) is 2.97. The third-order valence-electron chi connectivity index (χ3n) is 4.33. The van der Waals surface area contributed by atoms with Crippen LogP contribution in [0.2, 0.25) is 0 Å². The lowest BCUT2D eigenvalue weighted by Crippen LogP contribution is -2.46. The van der Waals surface area contributed by atoms with Crippen LogP contribution < -0.4 is 4.74 Å². The summed E-state index contributed by atoms with van der Waals surface area (Å²) in [4.78, 5) is 25.0. The Kier molecular flexibility index (Phi) is 6.44. The van der Waals surface area contributed by atoms with Gasteiger partial charge < -0.3 is 14.7 Å². The number of amides is 1. The monoisotopic (exact) mass is 319 g/mol. The highest BCUT2D eigenvalue weighted by Gasteiger charge is 2.27. The van der Waals surface area contributed by atoms with Crippen LogP contribution in [0, 0.1) is 0 Å². The van der Waals surface area contributed by atoms with Crippen molar-refractivity contribution in [2.24, 2.45) is 0 Å². The number of carbonyl (C=O) groups excluding carboxylic acids is 1. The van der Waals surface area contributed by atoms with Gasteiger partial charge in [0.25, 0.3) is 5.91 Å². The second kappa shape index (κ2) is 8.56. The van der Waals surface area contributed by atoms with Gasteiger partial charge in [0.15, 0.2) is 6.61 Å². The van der Waals surface area contributed by atoms with Crippen molar-refractivity contribution in [3.63, 3.8) is 0 Å². The highest BCUT2D eigenvalue weighted by atomic mass is 16.5. The van der Waals surface area contributed by atoms with Crippen LogP contribution in [0.4, 0.5) is 0 Å². The fraction of sp³-hybridized carbons (Fsp3) is 0.556. The molecule has 5 nitrogen and oxygen atoms in total. The molecule has 0 radical (unpaired) electrons. The zero-order valence-electron chi connectivity index (χ0n) is 13.7. The van der Waals surface area contributed by atoms with Crippen molar-refractivity contribution in [2.75, 3.05) is 13.2 Å². The van der Waals surface area contributed by atoms with Crippen LogP contribution >= 0.6 is 0 Å². The van der Waals surface area contributed by atoms with Crippen LogP contribution in [-0.2, 0) is 16.0 Å². The van der Waals surface area contributed by atoms with E-state index in [-0.39, 0.29) is 25.0 Å². The smallest absolute Gasteiger partial charge is 0.303 e. The number of nitrogens with zero attached hydrogens (tertiary/aromatic N) is 1. The second-order valence-corrected chi connectivity index (χ2v) is 5.96. The molecular formula is C18H25NO4. The van der Waals surface area contributed by atoms with Crippen molar-refractivity contribution >= 4 is 11.9 Å². The van der Waals surface area contributed by atoms with E-state index >= 15 is 0 Å². The molecule has 0 bridgehead atoms. The first-order chi connectivity index (χ1) is 11.1. The number of ether oxygens (including phenoxy) is 1. The summed E-state index contributed by atoms with van der Waals surface area (Å²) in [6.07, 6.45) is 4.50. The number of rotatable bonds is 7. The Hall–Kier alpha value is -2.04. The standard InChI is InChI=1S/C18H25NO4/c1-2-14-6-9-16(10-7-14)23-13-17(20)19-12-4-3-5-15(19)8-11-18(21)22/h6-7,9-10,15H,2-5,8,11-13H2,1H3,(H,21,22). The molecule has 1 aromatic carbocycles. The summed E-state index contributed by atoms with van der Waals surface area (Å²) in [5, 5.41) is 8.84. The molecule has 1 fully saturated rings. The molecule has 0 spiro atoms. The molecular weight excluding hydrogens is 294 g/mol. The quantitative estimate of drug-likeness (QED) is 0.839. The Bertz CT molecular complexity index is 526. The lowest BCUT2D eigenvalue weighted by molar-refractivity contribution is -0.141. The largest absolute Gasteiger partial charge is 0.484 e. The number of carboxylic acids is 1. The third kappa shape index (κ3) is 5.27. The predicted molar refractivity (Wildman–Crippen MR) is 87.5 cm³/mol. The molecule has 1 amide bonds. The zero-order valence-corrected chi connectivity index (χ0v) is 13.7. The molecule has 0 aliphatic carbocycles. The molecule has 1 aliphatic heterocycles. The van der Waals surface area contributed by atoms with Crippen LogP contribution in [-0.4, -0.2) is 41.1 Å². The minimum Gasteiger partial charge on any atom is -0.484 e. The Balaban J connectivity index is 1.87. The first kappa shape index (κ1) is 17.3. The van der Waals surface area contributed by atoms with E-state index in [1.807, 2.05) is 24.3 Å². The van der Waals surface area contributed by atoms with E-state index in [4.69, 9.17) is 9.84 Å². The van der Waals surface area contributed by atoms with Crippen molar-refractivity contribution < 1.29 is 19.4 Å². The van der Waals surface area contributed by atoms with E-state index in [9.17, 15) is 9.59 Å². The zero-order chi connectivity index (χ0) is 16.7. The second-order valence-electron chi connectivity index (χ2n) is 5.96. The maximum absolute atomic E-state index is 12.4. The van der Waals surface area contributed by atoms with Crippen LogP contribution in [0.5, 0.6) is 5.75 Å². The lowest BCUT2D eigenvalue weighted by atomic mass is 9.98. The van der Waals surface area contributed by atoms with Crippen molar-refractivity contribution in [2.45, 2.75) is 51.5 Å². The molecule has 1 aliphatic rings. The molecule has 2 rings (SSSR count). The number of carbonyl (C=O) groups is 2. The SMILES string of the molecule is CCc1ccc(OCC(=O)N2CCCCC2CCC(=O)O)cc1. The summed E-state index contributed by atoms with van der Waals surface area (Å²) in [5.41, 5.74) is 1.23. The first-order valence-electron chi connectivity index (χ1n) is 8.33. The molecule has 126 valence electrons. The van der Waals surface area contributed by atoms with E-state index in [2.05, 4.69) is 6.92 Å². The maximum atomic E-state index is 12.4. The van der Waals surface area contributed by atoms with Crippen LogP contribution in [0.3, 0.4) is 0 Å². The molecule has 23 heavy (non-hydrogen) atoms. The summed E-state index contributed by atoms with van der Waals surface area (Å²) in [7, 11) is 0. The van der Waals surface area contributed by atoms with Gasteiger partial charge in [0, 0.05) is 19.0 Å². The number of benzene rings is 1. The van der Waals surface area contributed by atoms with E-state index in [0.29, 0.717) is 18.7 Å². The van der Waals surface area contributed by atoms with Crippen LogP contribution in [0.15, 0.2) is 24.3 Å². The molecule has 1 unspecified atom stereocenters. The summed E-state index contributed by atoms with van der Waals surface area (Å²) in [6.45, 7) is 2.79. The van der Waals surface area contributed by atoms with Gasteiger partial charge in [-0.25, -0.2) is 0 Å². The molecule has 0 saturated carbocycles. The van der Waals surface area contributed by atoms with Gasteiger partial charge >= 0.3 is 5.97 Å². The van der Waals surface area contributed by atoms with E-state index in [1.165, 1.54) is 5.56 Å². The summed E-state index contributed by atoms with van der Waals surface area (Å²) in [5.74, 6) is -0.176. The van der Waals surface area contributed by atoms with Crippen molar-refractivity contribution in [1.29, 1.82) is 0 Å². The maximum Gasteiger partial charge on any atom is 0.303 e. The minimum absolute atomic E-state index is 0.00897. The average Bonchev–Trinajstić information content (AvgIpc) is 2.58. The van der Waals surface area contributed by atoms with Gasteiger partial charge in [0.1, 0.15) is 5.75 Å². The molecule has 5 heteroatoms. The number of aryl methyl sites for hydroxylation is 1. The number of likely N-dealkylation sites (tertiary alicyclic amines) is 1. The molecule has 1 saturated heterocycles. The lowest BCUT2D eigenvalue weighted by Gasteiger charge is -2.35. The topological polar surface area (TPSA) is 66.8 Å². The summed E-state index contributed by atoms with van der Waals surface area (Å²) >= 11 is 0. The van der Waals surface area contributed by atoms with E-state index in [1.54, 1.807) is 4.90 Å². The summed E-state index contributed by atoms with van der Waals surface area (Å²) in [6, 6.07) is 7.78. The number of carboxylic acid groups (broad SMARTS) is 1. The molecule has 0 aromatic heterocycles. The van der Waals surface area contributed by atoms with Gasteiger partial charge in [-0.15, -0.1) is 0 Å². The molecule has 1 atom stereocenters. The number of hydrogen-bond acceptors (Lipinski definition) is 3. The van der Waals surface area contributed by atoms with Gasteiger partial charge in [-0.05, 0) is 49.8 Å². The van der Waals surface area contributed by atoms with Gasteiger partial charge in [-0.1, -0.05) is 19.1 Å². The van der Waals surface area contributed by atoms with E-state index < -0.39 is 5.97 Å². The van der Waals surface area contributed by atoms with Crippen LogP contribution in [0.1, 0.15) is 44.6 Å². The number of piperidine rings is 1. The Morgan fingerprint density at radius 2 is 2.00 bits per heavy atom. The average molecular weight is 319 g/mol. The number of aliphatic carboxylic acids is 1. The first-order valence-corrected chi connectivity index (χ1v) is 8.33. The fourth-order valence-electron chi connectivity index (χ4n) is 2.97. The number of hydrogen-bond donors (Lipinski definition) is 1. The minimum atomic E-state index is -0.810. The van der Waals surface area contributed by atoms with Crippen LogP contribution in [0.25, 0.3) is 0 Å². The molecule has 1 aromatic rings. The normalized spacial score (nSPS) is 17.8. The van der Waals surface area contributed by atoms with Gasteiger partial charge in [-0.2, -0.15) is 0 Å².